The summed E-state index contributed by atoms with van der Waals surface area (Å²) in [7, 11) is 0. The van der Waals surface area contributed by atoms with Gasteiger partial charge in [0.05, 0.1) is 12.2 Å². The summed E-state index contributed by atoms with van der Waals surface area (Å²) in [6.45, 7) is 2.40. The normalized spacial score (nSPS) is 10.2. The Morgan fingerprint density at radius 2 is 2.10 bits per heavy atom. The van der Waals surface area contributed by atoms with Gasteiger partial charge in [0, 0.05) is 18.3 Å². The van der Waals surface area contributed by atoms with E-state index in [1.165, 1.54) is 12.1 Å². The van der Waals surface area contributed by atoms with Crippen LogP contribution in [0.1, 0.15) is 22.8 Å². The smallest absolute Gasteiger partial charge is 0.338 e. The minimum absolute atomic E-state index is 0.118. The zero-order valence-electron chi connectivity index (χ0n) is 11.6. The van der Waals surface area contributed by atoms with Gasteiger partial charge >= 0.3 is 5.97 Å². The van der Waals surface area contributed by atoms with Crippen LogP contribution in [-0.4, -0.2) is 17.7 Å². The van der Waals surface area contributed by atoms with Crippen molar-refractivity contribution in [2.24, 2.45) is 0 Å². The number of esters is 1. The molecule has 2 rings (SSSR count). The van der Waals surface area contributed by atoms with Crippen molar-refractivity contribution in [3.63, 3.8) is 0 Å². The largest absolute Gasteiger partial charge is 0.508 e. The molecule has 0 unspecified atom stereocenters. The van der Waals surface area contributed by atoms with Crippen LogP contribution < -0.4 is 5.32 Å². The molecule has 0 heterocycles. The van der Waals surface area contributed by atoms with E-state index in [0.29, 0.717) is 30.0 Å². The summed E-state index contributed by atoms with van der Waals surface area (Å²) < 4.78 is 18.1. The number of anilines is 1. The second-order valence-corrected chi connectivity index (χ2v) is 4.47. The van der Waals surface area contributed by atoms with Gasteiger partial charge in [-0.2, -0.15) is 0 Å². The first-order valence-corrected chi connectivity index (χ1v) is 6.58. The maximum absolute atomic E-state index is 13.2. The highest BCUT2D eigenvalue weighted by molar-refractivity contribution is 5.90. The molecule has 0 amide bonds. The molecule has 5 heteroatoms. The van der Waals surface area contributed by atoms with Gasteiger partial charge in [0.25, 0.3) is 0 Å². The van der Waals surface area contributed by atoms with Crippen LogP contribution in [0, 0.1) is 5.82 Å². The number of halogens is 1. The van der Waals surface area contributed by atoms with E-state index in [0.717, 1.165) is 6.07 Å². The summed E-state index contributed by atoms with van der Waals surface area (Å²) in [6.07, 6.45) is 0. The van der Waals surface area contributed by atoms with E-state index in [1.54, 1.807) is 31.2 Å². The van der Waals surface area contributed by atoms with Gasteiger partial charge in [0.1, 0.15) is 11.6 Å². The summed E-state index contributed by atoms with van der Waals surface area (Å²) in [4.78, 5) is 11.6. The number of hydrogen-bond donors (Lipinski definition) is 2. The van der Waals surface area contributed by atoms with Crippen molar-refractivity contribution >= 4 is 11.7 Å². The molecule has 0 fully saturated rings. The number of aromatic hydroxyl groups is 1. The van der Waals surface area contributed by atoms with E-state index >= 15 is 0 Å². The van der Waals surface area contributed by atoms with Crippen molar-refractivity contribution in [3.05, 3.63) is 59.4 Å². The fourth-order valence-corrected chi connectivity index (χ4v) is 1.91. The number of ether oxygens (including phenoxy) is 1. The van der Waals surface area contributed by atoms with Gasteiger partial charge in [0.15, 0.2) is 0 Å². The van der Waals surface area contributed by atoms with Crippen LogP contribution in [-0.2, 0) is 11.3 Å². The minimum Gasteiger partial charge on any atom is -0.508 e. The SMILES string of the molecule is CCOC(=O)c1cccc(NCc2cc(O)cc(F)c2)c1. The number of phenols is 1. The monoisotopic (exact) mass is 289 g/mol. The topological polar surface area (TPSA) is 58.6 Å². The maximum atomic E-state index is 13.2. The van der Waals surface area contributed by atoms with Crippen LogP contribution in [0.4, 0.5) is 10.1 Å². The van der Waals surface area contributed by atoms with Crippen molar-refractivity contribution < 1.29 is 19.0 Å². The molecule has 4 nitrogen and oxygen atoms in total. The highest BCUT2D eigenvalue weighted by Crippen LogP contribution is 2.17. The van der Waals surface area contributed by atoms with E-state index in [9.17, 15) is 14.3 Å². The van der Waals surface area contributed by atoms with E-state index in [1.807, 2.05) is 0 Å². The quantitative estimate of drug-likeness (QED) is 0.829. The highest BCUT2D eigenvalue weighted by atomic mass is 19.1. The Morgan fingerprint density at radius 1 is 1.29 bits per heavy atom. The fourth-order valence-electron chi connectivity index (χ4n) is 1.91. The lowest BCUT2D eigenvalue weighted by Crippen LogP contribution is -2.06. The van der Waals surface area contributed by atoms with Crippen molar-refractivity contribution in [3.8, 4) is 5.75 Å². The van der Waals surface area contributed by atoms with Gasteiger partial charge < -0.3 is 15.2 Å². The molecular weight excluding hydrogens is 273 g/mol. The van der Waals surface area contributed by atoms with Gasteiger partial charge in [-0.15, -0.1) is 0 Å². The van der Waals surface area contributed by atoms with Crippen LogP contribution in [0.3, 0.4) is 0 Å². The van der Waals surface area contributed by atoms with Crippen molar-refractivity contribution in [1.82, 2.24) is 0 Å². The summed E-state index contributed by atoms with van der Waals surface area (Å²) in [5.41, 5.74) is 1.77. The summed E-state index contributed by atoms with van der Waals surface area (Å²) in [6, 6.07) is 10.7. The lowest BCUT2D eigenvalue weighted by atomic mass is 10.1. The molecule has 2 aromatic rings. The number of rotatable bonds is 5. The lowest BCUT2D eigenvalue weighted by Gasteiger charge is -2.09. The molecular formula is C16H16FNO3. The molecule has 2 N–H and O–H groups in total. The standard InChI is InChI=1S/C16H16FNO3/c1-2-21-16(20)12-4-3-5-14(8-12)18-10-11-6-13(17)9-15(19)7-11/h3-9,18-19H,2,10H2,1H3. The molecule has 0 saturated carbocycles. The summed E-state index contributed by atoms with van der Waals surface area (Å²) in [5.74, 6) is -0.997. The molecule has 0 radical (unpaired) electrons. The molecule has 110 valence electrons. The van der Waals surface area contributed by atoms with Gasteiger partial charge in [0.2, 0.25) is 0 Å². The number of benzene rings is 2. The van der Waals surface area contributed by atoms with Crippen LogP contribution in [0.15, 0.2) is 42.5 Å². The maximum Gasteiger partial charge on any atom is 0.338 e. The van der Waals surface area contributed by atoms with Crippen LogP contribution in [0.5, 0.6) is 5.75 Å². The fraction of sp³-hybridized carbons (Fsp3) is 0.188. The third-order valence-electron chi connectivity index (χ3n) is 2.81. The third kappa shape index (κ3) is 4.21. The Kier molecular flexibility index (Phi) is 4.77. The van der Waals surface area contributed by atoms with Crippen LogP contribution in [0.2, 0.25) is 0 Å². The average molecular weight is 289 g/mol. The van der Waals surface area contributed by atoms with Gasteiger partial charge in [-0.05, 0) is 42.8 Å². The molecule has 0 spiro atoms. The van der Waals surface area contributed by atoms with Crippen molar-refractivity contribution in [1.29, 1.82) is 0 Å². The Morgan fingerprint density at radius 3 is 2.81 bits per heavy atom. The summed E-state index contributed by atoms with van der Waals surface area (Å²) in [5, 5.41) is 12.4. The minimum atomic E-state index is -0.493. The van der Waals surface area contributed by atoms with E-state index in [4.69, 9.17) is 4.74 Å². The second kappa shape index (κ2) is 6.74. The molecule has 0 aliphatic rings. The number of hydrogen-bond acceptors (Lipinski definition) is 4. The second-order valence-electron chi connectivity index (χ2n) is 4.47. The van der Waals surface area contributed by atoms with Gasteiger partial charge in [-0.3, -0.25) is 0 Å². The average Bonchev–Trinajstić information content (AvgIpc) is 2.45. The third-order valence-corrected chi connectivity index (χ3v) is 2.81. The van der Waals surface area contributed by atoms with Crippen molar-refractivity contribution in [2.45, 2.75) is 13.5 Å². The summed E-state index contributed by atoms with van der Waals surface area (Å²) >= 11 is 0. The molecule has 0 aliphatic carbocycles. The Balaban J connectivity index is 2.06. The van der Waals surface area contributed by atoms with Crippen LogP contribution in [0.25, 0.3) is 0 Å². The number of carbonyl (C=O) groups excluding carboxylic acids is 1. The molecule has 0 aromatic heterocycles. The van der Waals surface area contributed by atoms with Crippen LogP contribution >= 0.6 is 0 Å². The molecule has 0 atom stereocenters. The molecule has 2 aromatic carbocycles. The molecule has 0 aliphatic heterocycles. The first kappa shape index (κ1) is 14.8. The predicted molar refractivity (Wildman–Crippen MR) is 77.8 cm³/mol. The Bertz CT molecular complexity index is 623. The van der Waals surface area contributed by atoms with E-state index < -0.39 is 5.82 Å². The zero-order chi connectivity index (χ0) is 15.2. The Hall–Kier alpha value is -2.56. The molecule has 0 saturated heterocycles. The first-order valence-electron chi connectivity index (χ1n) is 6.58. The highest BCUT2D eigenvalue weighted by Gasteiger charge is 2.07. The lowest BCUT2D eigenvalue weighted by molar-refractivity contribution is 0.0526. The van der Waals surface area contributed by atoms with Gasteiger partial charge in [-0.1, -0.05) is 6.07 Å². The van der Waals surface area contributed by atoms with Crippen molar-refractivity contribution in [2.75, 3.05) is 11.9 Å². The zero-order valence-corrected chi connectivity index (χ0v) is 11.6. The predicted octanol–water partition coefficient (Wildman–Crippen LogP) is 3.32. The number of phenolic OH excluding ortho intramolecular Hbond substituents is 1. The van der Waals surface area contributed by atoms with E-state index in [-0.39, 0.29) is 11.7 Å². The van der Waals surface area contributed by atoms with Gasteiger partial charge in [-0.25, -0.2) is 9.18 Å². The molecule has 0 bridgehead atoms. The number of nitrogens with one attached hydrogen (secondary N) is 1. The number of carbonyl (C=O) groups is 1. The molecule has 21 heavy (non-hydrogen) atoms. The first-order chi connectivity index (χ1) is 10.1. The Labute approximate surface area is 122 Å². The van der Waals surface area contributed by atoms with E-state index in [2.05, 4.69) is 5.32 Å².